The van der Waals surface area contributed by atoms with Gasteiger partial charge >= 0.3 is 0 Å². The lowest BCUT2D eigenvalue weighted by Gasteiger charge is -2.46. The average molecular weight is 258 g/mol. The number of carbonyl (C=O) groups excluding carboxylic acids is 2. The maximum absolute atomic E-state index is 12.6. The molecule has 0 bridgehead atoms. The molecule has 5 heteroatoms. The highest BCUT2D eigenvalue weighted by molar-refractivity contribution is 5.99. The predicted molar refractivity (Wildman–Crippen MR) is 67.8 cm³/mol. The number of rotatable bonds is 5. The summed E-state index contributed by atoms with van der Waals surface area (Å²) in [4.78, 5) is 26.1. The molecule has 1 rings (SSSR count). The van der Waals surface area contributed by atoms with Crippen molar-refractivity contribution in [1.29, 1.82) is 0 Å². The molecular weight excluding hydrogens is 235 g/mol. The molecule has 1 N–H and O–H groups in total. The summed E-state index contributed by atoms with van der Waals surface area (Å²) in [5.74, 6) is -0.336. The summed E-state index contributed by atoms with van der Waals surface area (Å²) in [7, 11) is 0. The summed E-state index contributed by atoms with van der Waals surface area (Å²) in [6, 6.07) is -0.556. The number of hydrogen-bond acceptors (Lipinski definition) is 2. The Morgan fingerprint density at radius 3 is 2.28 bits per heavy atom. The zero-order valence-electron chi connectivity index (χ0n) is 11.6. The number of carbonyl (C=O) groups is 2. The summed E-state index contributed by atoms with van der Waals surface area (Å²) in [5, 5.41) is 2.85. The average Bonchev–Trinajstić information content (AvgIpc) is 2.33. The molecule has 0 aliphatic carbocycles. The number of amides is 2. The van der Waals surface area contributed by atoms with Crippen LogP contribution in [0.2, 0.25) is 0 Å². The quantitative estimate of drug-likeness (QED) is 0.812. The van der Waals surface area contributed by atoms with E-state index in [1.807, 2.05) is 27.7 Å². The van der Waals surface area contributed by atoms with Gasteiger partial charge in [-0.25, -0.2) is 4.39 Å². The van der Waals surface area contributed by atoms with E-state index in [-0.39, 0.29) is 24.3 Å². The Morgan fingerprint density at radius 1 is 1.33 bits per heavy atom. The molecule has 104 valence electrons. The maximum Gasteiger partial charge on any atom is 0.249 e. The number of nitrogens with zero attached hydrogens (tertiary/aromatic N) is 1. The summed E-state index contributed by atoms with van der Waals surface area (Å²) >= 11 is 0. The normalized spacial score (nSPS) is 23.4. The standard InChI is InChI=1S/C13H23FN2O2/c1-5-13(6-2)12(18)16(8-7-14)10(9(3)4)11(17)15-13/h9-10H,5-8H2,1-4H3,(H,15,17). The van der Waals surface area contributed by atoms with Gasteiger partial charge in [-0.3, -0.25) is 9.59 Å². The fourth-order valence-electron chi connectivity index (χ4n) is 2.63. The van der Waals surface area contributed by atoms with Crippen molar-refractivity contribution in [2.45, 2.75) is 52.1 Å². The van der Waals surface area contributed by atoms with Crippen molar-refractivity contribution in [3.8, 4) is 0 Å². The van der Waals surface area contributed by atoms with Crippen LogP contribution >= 0.6 is 0 Å². The van der Waals surface area contributed by atoms with Crippen molar-refractivity contribution in [2.24, 2.45) is 5.92 Å². The molecule has 1 aliphatic rings. The van der Waals surface area contributed by atoms with Crippen LogP contribution in [0.1, 0.15) is 40.5 Å². The minimum absolute atomic E-state index is 0.00313. The van der Waals surface area contributed by atoms with Crippen molar-refractivity contribution in [2.75, 3.05) is 13.2 Å². The lowest BCUT2D eigenvalue weighted by atomic mass is 9.85. The zero-order valence-corrected chi connectivity index (χ0v) is 11.6. The van der Waals surface area contributed by atoms with E-state index < -0.39 is 18.3 Å². The van der Waals surface area contributed by atoms with Crippen LogP contribution in [0.3, 0.4) is 0 Å². The van der Waals surface area contributed by atoms with Crippen molar-refractivity contribution in [3.05, 3.63) is 0 Å². The number of piperazine rings is 1. The second-order valence-electron chi connectivity index (χ2n) is 5.15. The Morgan fingerprint density at radius 2 is 1.89 bits per heavy atom. The van der Waals surface area contributed by atoms with Gasteiger partial charge in [0, 0.05) is 6.54 Å². The SMILES string of the molecule is CCC1(CC)NC(=O)C(C(C)C)N(CCF)C1=O. The molecule has 0 spiro atoms. The molecule has 2 amide bonds. The first-order chi connectivity index (χ1) is 8.43. The molecule has 0 aromatic heterocycles. The summed E-state index contributed by atoms with van der Waals surface area (Å²) in [6.45, 7) is 6.85. The van der Waals surface area contributed by atoms with Crippen LogP contribution in [0.25, 0.3) is 0 Å². The highest BCUT2D eigenvalue weighted by Gasteiger charge is 2.49. The molecule has 0 aromatic rings. The van der Waals surface area contributed by atoms with Crippen molar-refractivity contribution < 1.29 is 14.0 Å². The third kappa shape index (κ3) is 2.35. The van der Waals surface area contributed by atoms with Crippen molar-refractivity contribution in [1.82, 2.24) is 10.2 Å². The van der Waals surface area contributed by atoms with Crippen LogP contribution in [0.4, 0.5) is 4.39 Å². The number of alkyl halides is 1. The second kappa shape index (κ2) is 5.67. The van der Waals surface area contributed by atoms with Gasteiger partial charge in [-0.05, 0) is 18.8 Å². The summed E-state index contributed by atoms with van der Waals surface area (Å²) in [6.07, 6.45) is 1.06. The Kier molecular flexibility index (Phi) is 4.71. The Bertz CT molecular complexity index is 327. The lowest BCUT2D eigenvalue weighted by Crippen LogP contribution is -2.71. The highest BCUT2D eigenvalue weighted by Crippen LogP contribution is 2.27. The number of halogens is 1. The molecule has 1 atom stereocenters. The van der Waals surface area contributed by atoms with E-state index in [2.05, 4.69) is 5.32 Å². The summed E-state index contributed by atoms with van der Waals surface area (Å²) < 4.78 is 12.6. The minimum Gasteiger partial charge on any atom is -0.340 e. The topological polar surface area (TPSA) is 49.4 Å². The van der Waals surface area contributed by atoms with Gasteiger partial charge in [0.1, 0.15) is 18.3 Å². The van der Waals surface area contributed by atoms with Gasteiger partial charge in [-0.2, -0.15) is 0 Å². The van der Waals surface area contributed by atoms with E-state index in [9.17, 15) is 14.0 Å². The van der Waals surface area contributed by atoms with Gasteiger partial charge in [0.15, 0.2) is 0 Å². The molecule has 1 fully saturated rings. The third-order valence-corrected chi connectivity index (χ3v) is 3.80. The van der Waals surface area contributed by atoms with Crippen molar-refractivity contribution >= 4 is 11.8 Å². The molecule has 0 aromatic carbocycles. The first-order valence-electron chi connectivity index (χ1n) is 6.62. The summed E-state index contributed by atoms with van der Waals surface area (Å²) in [5.41, 5.74) is -0.850. The fraction of sp³-hybridized carbons (Fsp3) is 0.846. The smallest absolute Gasteiger partial charge is 0.249 e. The Balaban J connectivity index is 3.11. The lowest BCUT2D eigenvalue weighted by molar-refractivity contribution is -0.157. The first kappa shape index (κ1) is 14.9. The maximum atomic E-state index is 12.6. The largest absolute Gasteiger partial charge is 0.340 e. The molecule has 1 aliphatic heterocycles. The molecule has 1 saturated heterocycles. The number of nitrogens with one attached hydrogen (secondary N) is 1. The molecule has 1 unspecified atom stereocenters. The molecule has 4 nitrogen and oxygen atoms in total. The van der Waals surface area contributed by atoms with E-state index in [0.717, 1.165) is 0 Å². The molecular formula is C13H23FN2O2. The van der Waals surface area contributed by atoms with Gasteiger partial charge in [0.2, 0.25) is 11.8 Å². The molecule has 1 heterocycles. The predicted octanol–water partition coefficient (Wildman–Crippen LogP) is 1.50. The zero-order chi connectivity index (χ0) is 13.9. The first-order valence-corrected chi connectivity index (χ1v) is 6.62. The van der Waals surface area contributed by atoms with Crippen LogP contribution in [0, 0.1) is 5.92 Å². The van der Waals surface area contributed by atoms with E-state index in [4.69, 9.17) is 0 Å². The van der Waals surface area contributed by atoms with Crippen LogP contribution in [0.5, 0.6) is 0 Å². The molecule has 0 saturated carbocycles. The van der Waals surface area contributed by atoms with E-state index >= 15 is 0 Å². The van der Waals surface area contributed by atoms with Crippen LogP contribution in [0.15, 0.2) is 0 Å². The minimum atomic E-state index is -0.850. The van der Waals surface area contributed by atoms with E-state index in [1.54, 1.807) is 0 Å². The fourth-order valence-corrected chi connectivity index (χ4v) is 2.63. The molecule has 0 radical (unpaired) electrons. The van der Waals surface area contributed by atoms with Gasteiger partial charge in [-0.15, -0.1) is 0 Å². The Labute approximate surface area is 108 Å². The van der Waals surface area contributed by atoms with E-state index in [1.165, 1.54) is 4.90 Å². The molecule has 18 heavy (non-hydrogen) atoms. The van der Waals surface area contributed by atoms with Gasteiger partial charge in [0.05, 0.1) is 0 Å². The van der Waals surface area contributed by atoms with Crippen molar-refractivity contribution in [3.63, 3.8) is 0 Å². The highest BCUT2D eigenvalue weighted by atomic mass is 19.1. The van der Waals surface area contributed by atoms with E-state index in [0.29, 0.717) is 12.8 Å². The van der Waals surface area contributed by atoms with Crippen LogP contribution in [-0.4, -0.2) is 41.5 Å². The van der Waals surface area contributed by atoms with Gasteiger partial charge in [-0.1, -0.05) is 27.7 Å². The second-order valence-corrected chi connectivity index (χ2v) is 5.15. The Hall–Kier alpha value is -1.13. The van der Waals surface area contributed by atoms with Gasteiger partial charge < -0.3 is 10.2 Å². The van der Waals surface area contributed by atoms with Crippen LogP contribution < -0.4 is 5.32 Å². The van der Waals surface area contributed by atoms with Gasteiger partial charge in [0.25, 0.3) is 0 Å². The monoisotopic (exact) mass is 258 g/mol. The third-order valence-electron chi connectivity index (χ3n) is 3.80. The van der Waals surface area contributed by atoms with Crippen LogP contribution in [-0.2, 0) is 9.59 Å². The number of hydrogen-bond donors (Lipinski definition) is 1.